The lowest BCUT2D eigenvalue weighted by Crippen LogP contribution is -2.16. The van der Waals surface area contributed by atoms with Gasteiger partial charge in [0.25, 0.3) is 5.91 Å². The Balaban J connectivity index is 1.51. The number of anilines is 1. The van der Waals surface area contributed by atoms with Crippen LogP contribution in [-0.4, -0.2) is 35.4 Å². The van der Waals surface area contributed by atoms with Crippen LogP contribution in [0.1, 0.15) is 41.5 Å². The lowest BCUT2D eigenvalue weighted by atomic mass is 10.1. The highest BCUT2D eigenvalue weighted by atomic mass is 79.9. The molecule has 0 aliphatic rings. The highest BCUT2D eigenvalue weighted by Gasteiger charge is 2.16. The molecule has 9 heteroatoms. The van der Waals surface area contributed by atoms with Gasteiger partial charge in [0.05, 0.1) is 24.0 Å². The minimum absolute atomic E-state index is 0.193. The molecule has 0 aliphatic carbocycles. The number of aryl methyl sites for hydroxylation is 1. The number of hydrogen-bond donors (Lipinski definition) is 1. The summed E-state index contributed by atoms with van der Waals surface area (Å²) in [5.74, 6) is -0.0416. The molecule has 0 bridgehead atoms. The van der Waals surface area contributed by atoms with E-state index in [2.05, 4.69) is 41.4 Å². The molecule has 29 heavy (non-hydrogen) atoms. The first-order valence-corrected chi connectivity index (χ1v) is 10.00. The molecule has 0 saturated carbocycles. The van der Waals surface area contributed by atoms with Gasteiger partial charge in [0.15, 0.2) is 5.65 Å². The Bertz CT molecular complexity index is 1180. The van der Waals surface area contributed by atoms with Crippen LogP contribution in [0.25, 0.3) is 11.0 Å². The molecule has 4 aromatic rings. The third-order valence-electron chi connectivity index (χ3n) is 4.51. The summed E-state index contributed by atoms with van der Waals surface area (Å²) < 4.78 is 4.54. The van der Waals surface area contributed by atoms with E-state index in [0.717, 1.165) is 21.1 Å². The molecule has 148 valence electrons. The fraction of sp³-hybridized carbons (Fsp3) is 0.250. The normalized spacial score (nSPS) is 11.3. The fourth-order valence-electron chi connectivity index (χ4n) is 3.05. The van der Waals surface area contributed by atoms with Crippen LogP contribution in [-0.2, 0) is 6.54 Å². The summed E-state index contributed by atoms with van der Waals surface area (Å²) >= 11 is 3.42. The van der Waals surface area contributed by atoms with Crippen molar-refractivity contribution in [2.45, 2.75) is 33.4 Å². The van der Waals surface area contributed by atoms with Gasteiger partial charge in [0, 0.05) is 15.9 Å². The zero-order chi connectivity index (χ0) is 20.5. The Hall–Kier alpha value is -3.07. The Morgan fingerprint density at radius 1 is 1.24 bits per heavy atom. The molecule has 0 fully saturated rings. The number of pyridine rings is 1. The van der Waals surface area contributed by atoms with E-state index in [-0.39, 0.29) is 17.9 Å². The summed E-state index contributed by atoms with van der Waals surface area (Å²) in [6, 6.07) is 9.96. The van der Waals surface area contributed by atoms with E-state index >= 15 is 0 Å². The SMILES string of the molecule is Cc1nc2c(cnn2C(C)C)cc1C(=O)Nc1ncn(Cc2ccc(Br)cc2)n1. The van der Waals surface area contributed by atoms with E-state index in [1.165, 1.54) is 0 Å². The van der Waals surface area contributed by atoms with E-state index in [9.17, 15) is 4.79 Å². The van der Waals surface area contributed by atoms with Crippen molar-refractivity contribution in [2.24, 2.45) is 0 Å². The van der Waals surface area contributed by atoms with Crippen molar-refractivity contribution in [1.82, 2.24) is 29.5 Å². The molecule has 0 spiro atoms. The molecular formula is C20H20BrN7O. The number of carbonyl (C=O) groups is 1. The maximum absolute atomic E-state index is 12.8. The molecular weight excluding hydrogens is 434 g/mol. The first-order valence-electron chi connectivity index (χ1n) is 9.21. The van der Waals surface area contributed by atoms with E-state index < -0.39 is 0 Å². The smallest absolute Gasteiger partial charge is 0.259 e. The monoisotopic (exact) mass is 453 g/mol. The lowest BCUT2D eigenvalue weighted by molar-refractivity contribution is 0.102. The summed E-state index contributed by atoms with van der Waals surface area (Å²) in [6.45, 7) is 6.46. The zero-order valence-corrected chi connectivity index (χ0v) is 17.9. The minimum Gasteiger partial charge on any atom is -0.289 e. The molecule has 3 aromatic heterocycles. The topological polar surface area (TPSA) is 90.5 Å². The second-order valence-corrected chi connectivity index (χ2v) is 7.98. The van der Waals surface area contributed by atoms with Crippen molar-refractivity contribution in [1.29, 1.82) is 0 Å². The maximum Gasteiger partial charge on any atom is 0.259 e. The molecule has 0 radical (unpaired) electrons. The third-order valence-corrected chi connectivity index (χ3v) is 5.04. The first kappa shape index (κ1) is 19.3. The predicted molar refractivity (Wildman–Crippen MR) is 114 cm³/mol. The van der Waals surface area contributed by atoms with Gasteiger partial charge >= 0.3 is 0 Å². The molecule has 0 saturated heterocycles. The van der Waals surface area contributed by atoms with Crippen LogP contribution in [0.15, 0.2) is 47.3 Å². The molecule has 1 amide bonds. The maximum atomic E-state index is 12.8. The number of benzene rings is 1. The number of halogens is 1. The van der Waals surface area contributed by atoms with Gasteiger partial charge in [0.2, 0.25) is 5.95 Å². The van der Waals surface area contributed by atoms with Crippen LogP contribution in [0.2, 0.25) is 0 Å². The second kappa shape index (κ2) is 7.75. The molecule has 3 heterocycles. The molecule has 4 rings (SSSR count). The van der Waals surface area contributed by atoms with Crippen molar-refractivity contribution < 1.29 is 4.79 Å². The fourth-order valence-corrected chi connectivity index (χ4v) is 3.31. The standard InChI is InChI=1S/C20H20BrN7O/c1-12(2)28-18-15(9-23-28)8-17(13(3)24-18)19(29)25-20-22-11-27(26-20)10-14-4-6-16(21)7-5-14/h4-9,11-12H,10H2,1-3H3,(H,25,26,29). The largest absolute Gasteiger partial charge is 0.289 e. The van der Waals surface area contributed by atoms with Gasteiger partial charge in [-0.15, -0.1) is 5.10 Å². The zero-order valence-electron chi connectivity index (χ0n) is 16.3. The number of carbonyl (C=O) groups excluding carboxylic acids is 1. The third kappa shape index (κ3) is 4.04. The van der Waals surface area contributed by atoms with Crippen molar-refractivity contribution in [3.8, 4) is 0 Å². The lowest BCUT2D eigenvalue weighted by Gasteiger charge is -2.08. The van der Waals surface area contributed by atoms with Crippen LogP contribution in [0, 0.1) is 6.92 Å². The number of amides is 1. The Morgan fingerprint density at radius 2 is 2.00 bits per heavy atom. The van der Waals surface area contributed by atoms with E-state index in [4.69, 9.17) is 0 Å². The quantitative estimate of drug-likeness (QED) is 0.493. The summed E-state index contributed by atoms with van der Waals surface area (Å²) in [6.07, 6.45) is 3.32. The number of hydrogen-bond acceptors (Lipinski definition) is 5. The number of nitrogens with one attached hydrogen (secondary N) is 1. The Labute approximate surface area is 176 Å². The van der Waals surface area contributed by atoms with Gasteiger partial charge in [-0.25, -0.2) is 19.3 Å². The molecule has 1 aromatic carbocycles. The molecule has 0 unspecified atom stereocenters. The summed E-state index contributed by atoms with van der Waals surface area (Å²) in [5.41, 5.74) is 2.96. The van der Waals surface area contributed by atoms with Crippen LogP contribution in [0.3, 0.4) is 0 Å². The van der Waals surface area contributed by atoms with Crippen molar-refractivity contribution in [3.63, 3.8) is 0 Å². The summed E-state index contributed by atoms with van der Waals surface area (Å²) in [5, 5.41) is 12.3. The van der Waals surface area contributed by atoms with Crippen LogP contribution >= 0.6 is 15.9 Å². The Kier molecular flexibility index (Phi) is 5.14. The highest BCUT2D eigenvalue weighted by Crippen LogP contribution is 2.20. The number of nitrogens with zero attached hydrogens (tertiary/aromatic N) is 6. The van der Waals surface area contributed by atoms with Gasteiger partial charge in [-0.2, -0.15) is 5.10 Å². The molecule has 1 N–H and O–H groups in total. The van der Waals surface area contributed by atoms with Gasteiger partial charge in [-0.1, -0.05) is 28.1 Å². The van der Waals surface area contributed by atoms with Crippen molar-refractivity contribution in [3.05, 3.63) is 64.1 Å². The average molecular weight is 454 g/mol. The van der Waals surface area contributed by atoms with Gasteiger partial charge in [-0.05, 0) is 44.5 Å². The van der Waals surface area contributed by atoms with E-state index in [1.54, 1.807) is 23.3 Å². The van der Waals surface area contributed by atoms with Gasteiger partial charge in [-0.3, -0.25) is 10.1 Å². The average Bonchev–Trinajstić information content (AvgIpc) is 3.29. The summed E-state index contributed by atoms with van der Waals surface area (Å²) in [4.78, 5) is 21.5. The summed E-state index contributed by atoms with van der Waals surface area (Å²) in [7, 11) is 0. The van der Waals surface area contributed by atoms with E-state index in [1.807, 2.05) is 49.7 Å². The number of aromatic nitrogens is 6. The van der Waals surface area contributed by atoms with Gasteiger partial charge in [0.1, 0.15) is 6.33 Å². The van der Waals surface area contributed by atoms with Gasteiger partial charge < -0.3 is 0 Å². The Morgan fingerprint density at radius 3 is 2.72 bits per heavy atom. The number of fused-ring (bicyclic) bond motifs is 1. The van der Waals surface area contributed by atoms with Crippen LogP contribution < -0.4 is 5.32 Å². The number of rotatable bonds is 5. The minimum atomic E-state index is -0.296. The highest BCUT2D eigenvalue weighted by molar-refractivity contribution is 9.10. The van der Waals surface area contributed by atoms with E-state index in [0.29, 0.717) is 17.8 Å². The van der Waals surface area contributed by atoms with Crippen LogP contribution in [0.4, 0.5) is 5.95 Å². The molecule has 0 aliphatic heterocycles. The second-order valence-electron chi connectivity index (χ2n) is 7.06. The molecule has 8 nitrogen and oxygen atoms in total. The predicted octanol–water partition coefficient (Wildman–Crippen LogP) is 3.98. The van der Waals surface area contributed by atoms with Crippen LogP contribution in [0.5, 0.6) is 0 Å². The van der Waals surface area contributed by atoms with Crippen molar-refractivity contribution in [2.75, 3.05) is 5.32 Å². The first-order chi connectivity index (χ1) is 13.9. The van der Waals surface area contributed by atoms with Crippen molar-refractivity contribution >= 4 is 38.8 Å². The molecule has 0 atom stereocenters.